The van der Waals surface area contributed by atoms with E-state index < -0.39 is 11.6 Å². The number of imidazole rings is 1. The van der Waals surface area contributed by atoms with Crippen molar-refractivity contribution in [3.8, 4) is 0 Å². The zero-order valence-electron chi connectivity index (χ0n) is 19.8. The molecular formula is C24H30N6O4. The molecule has 0 unspecified atom stereocenters. The van der Waals surface area contributed by atoms with Gasteiger partial charge >= 0.3 is 12.1 Å². The van der Waals surface area contributed by atoms with Crippen molar-refractivity contribution >= 4 is 34.9 Å². The maximum atomic E-state index is 12.5. The number of H-pyrrole nitrogens is 1. The fourth-order valence-corrected chi connectivity index (χ4v) is 3.99. The number of aromatic amines is 1. The summed E-state index contributed by atoms with van der Waals surface area (Å²) < 4.78 is 5.53. The lowest BCUT2D eigenvalue weighted by atomic mass is 10.1. The fourth-order valence-electron chi connectivity index (χ4n) is 3.99. The maximum Gasteiger partial charge on any atom is 0.410 e. The van der Waals surface area contributed by atoms with Gasteiger partial charge in [-0.25, -0.2) is 19.6 Å². The predicted molar refractivity (Wildman–Crippen MR) is 128 cm³/mol. The van der Waals surface area contributed by atoms with Gasteiger partial charge in [-0.1, -0.05) is 0 Å². The van der Waals surface area contributed by atoms with Crippen molar-refractivity contribution in [1.29, 1.82) is 0 Å². The molecule has 1 aromatic carbocycles. The number of amides is 1. The molecule has 10 heteroatoms. The van der Waals surface area contributed by atoms with E-state index in [1.54, 1.807) is 23.2 Å². The normalized spacial score (nSPS) is 17.1. The molecule has 1 aliphatic rings. The number of aromatic nitrogens is 3. The Labute approximate surface area is 197 Å². The fraction of sp³-hybridized carbons (Fsp3) is 0.417. The minimum Gasteiger partial charge on any atom is -0.478 e. The molecule has 0 aliphatic carbocycles. The van der Waals surface area contributed by atoms with Gasteiger partial charge in [-0.2, -0.15) is 0 Å². The van der Waals surface area contributed by atoms with Crippen LogP contribution in [0, 0.1) is 0 Å². The van der Waals surface area contributed by atoms with Crippen molar-refractivity contribution in [2.24, 2.45) is 0 Å². The Morgan fingerprint density at radius 3 is 2.74 bits per heavy atom. The van der Waals surface area contributed by atoms with Crippen molar-refractivity contribution in [3.63, 3.8) is 0 Å². The lowest BCUT2D eigenvalue weighted by Gasteiger charge is -2.40. The molecule has 180 valence electrons. The number of hydrogen-bond acceptors (Lipinski definition) is 7. The average molecular weight is 467 g/mol. The molecule has 3 heterocycles. The Balaban J connectivity index is 1.38. The standard InChI is InChI=1S/C24H30N6O4/c1-15-13-29(9-10-30(15)23(33)34-24(2,3)4)14-16-7-8-25-20(11-16)28-22-26-18-6-5-17(21(31)32)12-19(18)27-22/h5-8,11-12,15H,9-10,13-14H2,1-4H3,(H,31,32)(H2,25,26,27,28)/t15-/m1/s1. The van der Waals surface area contributed by atoms with Crippen LogP contribution >= 0.6 is 0 Å². The summed E-state index contributed by atoms with van der Waals surface area (Å²) in [6.07, 6.45) is 1.47. The molecule has 4 rings (SSSR count). The summed E-state index contributed by atoms with van der Waals surface area (Å²) in [4.78, 5) is 39.7. The highest BCUT2D eigenvalue weighted by Crippen LogP contribution is 2.21. The molecule has 0 saturated carbocycles. The molecule has 3 aromatic rings. The molecule has 1 amide bonds. The van der Waals surface area contributed by atoms with E-state index in [-0.39, 0.29) is 17.7 Å². The maximum absolute atomic E-state index is 12.5. The first-order chi connectivity index (χ1) is 16.1. The van der Waals surface area contributed by atoms with Crippen molar-refractivity contribution in [1.82, 2.24) is 24.8 Å². The Bertz CT molecular complexity index is 1200. The van der Waals surface area contributed by atoms with Crippen LogP contribution in [0.5, 0.6) is 0 Å². The number of nitrogens with zero attached hydrogens (tertiary/aromatic N) is 4. The van der Waals surface area contributed by atoms with Crippen LogP contribution in [0.1, 0.15) is 43.6 Å². The summed E-state index contributed by atoms with van der Waals surface area (Å²) >= 11 is 0. The van der Waals surface area contributed by atoms with Crippen LogP contribution in [0.3, 0.4) is 0 Å². The third-order valence-corrected chi connectivity index (χ3v) is 5.55. The van der Waals surface area contributed by atoms with E-state index in [4.69, 9.17) is 9.84 Å². The van der Waals surface area contributed by atoms with Gasteiger partial charge in [0.15, 0.2) is 0 Å². The van der Waals surface area contributed by atoms with E-state index in [2.05, 4.69) is 25.2 Å². The number of benzene rings is 1. The number of hydrogen-bond donors (Lipinski definition) is 3. The van der Waals surface area contributed by atoms with Gasteiger partial charge in [-0.15, -0.1) is 0 Å². The monoisotopic (exact) mass is 466 g/mol. The molecule has 0 spiro atoms. The molecule has 1 atom stereocenters. The summed E-state index contributed by atoms with van der Waals surface area (Å²) in [5.74, 6) is 0.138. The molecule has 1 saturated heterocycles. The smallest absolute Gasteiger partial charge is 0.410 e. The number of piperazine rings is 1. The van der Waals surface area contributed by atoms with Gasteiger partial charge < -0.3 is 25.0 Å². The number of anilines is 2. The number of fused-ring (bicyclic) bond motifs is 1. The van der Waals surface area contributed by atoms with Crippen LogP contribution in [-0.2, 0) is 11.3 Å². The van der Waals surface area contributed by atoms with Crippen molar-refractivity contribution < 1.29 is 19.4 Å². The van der Waals surface area contributed by atoms with E-state index >= 15 is 0 Å². The first-order valence-corrected chi connectivity index (χ1v) is 11.2. The molecule has 2 aromatic heterocycles. The summed E-state index contributed by atoms with van der Waals surface area (Å²) in [6.45, 7) is 10.5. The molecule has 0 radical (unpaired) electrons. The van der Waals surface area contributed by atoms with Gasteiger partial charge in [-0.05, 0) is 63.6 Å². The third-order valence-electron chi connectivity index (χ3n) is 5.55. The first-order valence-electron chi connectivity index (χ1n) is 11.2. The Hall–Kier alpha value is -3.66. The second kappa shape index (κ2) is 9.30. The van der Waals surface area contributed by atoms with Crippen molar-refractivity contribution in [3.05, 3.63) is 47.7 Å². The van der Waals surface area contributed by atoms with Crippen LogP contribution in [0.25, 0.3) is 11.0 Å². The zero-order valence-corrected chi connectivity index (χ0v) is 19.8. The van der Waals surface area contributed by atoms with Gasteiger partial charge in [0.25, 0.3) is 0 Å². The molecule has 10 nitrogen and oxygen atoms in total. The SMILES string of the molecule is C[C@@H]1CN(Cc2ccnc(Nc3nc4ccc(C(=O)O)cc4[nH]3)c2)CCN1C(=O)OC(C)(C)C. The summed E-state index contributed by atoms with van der Waals surface area (Å²) in [6, 6.07) is 8.72. The summed E-state index contributed by atoms with van der Waals surface area (Å²) in [5.41, 5.74) is 2.08. The average Bonchev–Trinajstić information content (AvgIpc) is 3.14. The number of carbonyl (C=O) groups is 2. The number of rotatable bonds is 5. The second-order valence-electron chi connectivity index (χ2n) is 9.55. The van der Waals surface area contributed by atoms with E-state index in [1.165, 1.54) is 6.07 Å². The van der Waals surface area contributed by atoms with E-state index in [0.29, 0.717) is 29.3 Å². The number of carbonyl (C=O) groups excluding carboxylic acids is 1. The van der Waals surface area contributed by atoms with Gasteiger partial charge in [0, 0.05) is 38.4 Å². The number of carboxylic acid groups (broad SMARTS) is 1. The molecule has 34 heavy (non-hydrogen) atoms. The Kier molecular flexibility index (Phi) is 6.43. The third kappa shape index (κ3) is 5.63. The highest BCUT2D eigenvalue weighted by atomic mass is 16.6. The molecule has 3 N–H and O–H groups in total. The highest BCUT2D eigenvalue weighted by molar-refractivity contribution is 5.92. The van der Waals surface area contributed by atoms with Gasteiger partial charge in [0.05, 0.1) is 16.6 Å². The lowest BCUT2D eigenvalue weighted by Crippen LogP contribution is -2.54. The minimum absolute atomic E-state index is 0.0503. The lowest BCUT2D eigenvalue weighted by molar-refractivity contribution is 0.000547. The first kappa shape index (κ1) is 23.5. The van der Waals surface area contributed by atoms with Crippen LogP contribution in [-0.4, -0.2) is 73.2 Å². The summed E-state index contributed by atoms with van der Waals surface area (Å²) in [5, 5.41) is 12.3. The van der Waals surface area contributed by atoms with Crippen molar-refractivity contribution in [2.45, 2.75) is 45.9 Å². The highest BCUT2D eigenvalue weighted by Gasteiger charge is 2.30. The van der Waals surface area contributed by atoms with Crippen LogP contribution < -0.4 is 5.32 Å². The number of pyridine rings is 1. The van der Waals surface area contributed by atoms with Crippen LogP contribution in [0.15, 0.2) is 36.5 Å². The zero-order chi connectivity index (χ0) is 24.5. The Morgan fingerprint density at radius 2 is 2.03 bits per heavy atom. The van der Waals surface area contributed by atoms with Gasteiger partial charge in [0.1, 0.15) is 11.4 Å². The molecule has 1 aliphatic heterocycles. The number of carboxylic acids is 1. The predicted octanol–water partition coefficient (Wildman–Crippen LogP) is 3.84. The molecular weight excluding hydrogens is 436 g/mol. The van der Waals surface area contributed by atoms with Gasteiger partial charge in [0.2, 0.25) is 5.95 Å². The van der Waals surface area contributed by atoms with Gasteiger partial charge in [-0.3, -0.25) is 4.90 Å². The van der Waals surface area contributed by atoms with Crippen LogP contribution in [0.4, 0.5) is 16.6 Å². The molecule has 1 fully saturated rings. The topological polar surface area (TPSA) is 124 Å². The Morgan fingerprint density at radius 1 is 1.24 bits per heavy atom. The summed E-state index contributed by atoms with van der Waals surface area (Å²) in [7, 11) is 0. The number of ether oxygens (including phenoxy) is 1. The van der Waals surface area contributed by atoms with E-state index in [1.807, 2.05) is 39.8 Å². The minimum atomic E-state index is -0.985. The van der Waals surface area contributed by atoms with Crippen LogP contribution in [0.2, 0.25) is 0 Å². The van der Waals surface area contributed by atoms with E-state index in [0.717, 1.165) is 25.2 Å². The second-order valence-corrected chi connectivity index (χ2v) is 9.55. The largest absolute Gasteiger partial charge is 0.478 e. The number of aromatic carboxylic acids is 1. The number of nitrogens with one attached hydrogen (secondary N) is 2. The van der Waals surface area contributed by atoms with E-state index in [9.17, 15) is 9.59 Å². The molecule has 0 bridgehead atoms. The quantitative estimate of drug-likeness (QED) is 0.518. The van der Waals surface area contributed by atoms with Crippen molar-refractivity contribution in [2.75, 3.05) is 25.0 Å².